The summed E-state index contributed by atoms with van der Waals surface area (Å²) in [6, 6.07) is 4.90. The fourth-order valence-corrected chi connectivity index (χ4v) is 3.61. The molecule has 3 rings (SSSR count). The van der Waals surface area contributed by atoms with Crippen molar-refractivity contribution in [1.29, 1.82) is 0 Å². The number of nitrogens with zero attached hydrogens (tertiary/aromatic N) is 1. The number of ether oxygens (including phenoxy) is 1. The summed E-state index contributed by atoms with van der Waals surface area (Å²) in [5, 5.41) is 5.42. The Bertz CT molecular complexity index is 896. The first-order chi connectivity index (χ1) is 13.5. The average molecular weight is 382 g/mol. The van der Waals surface area contributed by atoms with Crippen molar-refractivity contribution in [2.75, 3.05) is 7.05 Å². The highest BCUT2D eigenvalue weighted by atomic mass is 16.5. The van der Waals surface area contributed by atoms with E-state index in [-0.39, 0.29) is 17.6 Å². The molecule has 2 amide bonds. The lowest BCUT2D eigenvalue weighted by Crippen LogP contribution is -2.51. The van der Waals surface area contributed by atoms with Gasteiger partial charge in [-0.15, -0.1) is 0 Å². The summed E-state index contributed by atoms with van der Waals surface area (Å²) in [4.78, 5) is 32.1. The van der Waals surface area contributed by atoms with Gasteiger partial charge >= 0.3 is 0 Å². The molecule has 148 valence electrons. The quantitative estimate of drug-likeness (QED) is 0.507. The summed E-state index contributed by atoms with van der Waals surface area (Å²) in [6.07, 6.45) is 6.75. The second-order valence-corrected chi connectivity index (χ2v) is 7.05. The molecule has 7 nitrogen and oxygen atoms in total. The number of benzene rings is 1. The first-order valence-corrected chi connectivity index (χ1v) is 9.51. The van der Waals surface area contributed by atoms with E-state index in [1.165, 1.54) is 6.42 Å². The van der Waals surface area contributed by atoms with E-state index in [0.717, 1.165) is 36.7 Å². The third-order valence-electron chi connectivity index (χ3n) is 5.18. The molecule has 0 saturated heterocycles. The number of amides is 2. The Kier molecular flexibility index (Phi) is 6.13. The van der Waals surface area contributed by atoms with Crippen LogP contribution < -0.4 is 10.6 Å². The van der Waals surface area contributed by atoms with Gasteiger partial charge in [0.2, 0.25) is 5.91 Å². The van der Waals surface area contributed by atoms with Gasteiger partial charge in [-0.3, -0.25) is 9.59 Å². The van der Waals surface area contributed by atoms with Crippen molar-refractivity contribution in [2.45, 2.75) is 38.1 Å². The van der Waals surface area contributed by atoms with Crippen molar-refractivity contribution in [3.63, 3.8) is 0 Å². The second-order valence-electron chi connectivity index (χ2n) is 7.05. The molecule has 0 unspecified atom stereocenters. The van der Waals surface area contributed by atoms with E-state index in [0.29, 0.717) is 11.3 Å². The minimum atomic E-state index is -0.590. The summed E-state index contributed by atoms with van der Waals surface area (Å²) in [6.45, 7) is 7.59. The number of likely N-dealkylation sites (N-methyl/N-ethyl adjacent to an activating group) is 1. The van der Waals surface area contributed by atoms with Gasteiger partial charge in [0.05, 0.1) is 17.4 Å². The van der Waals surface area contributed by atoms with E-state index >= 15 is 0 Å². The molecule has 1 fully saturated rings. The van der Waals surface area contributed by atoms with Gasteiger partial charge in [0.1, 0.15) is 11.8 Å². The van der Waals surface area contributed by atoms with Crippen LogP contribution in [0.3, 0.4) is 0 Å². The Morgan fingerprint density at radius 2 is 2.00 bits per heavy atom. The number of carbonyl (C=O) groups is 2. The highest BCUT2D eigenvalue weighted by molar-refractivity contribution is 5.96. The topological polar surface area (TPSA) is 96.1 Å². The third kappa shape index (κ3) is 4.42. The molecule has 0 radical (unpaired) electrons. The van der Waals surface area contributed by atoms with Gasteiger partial charge in [-0.25, -0.2) is 4.98 Å². The molecule has 1 heterocycles. The monoisotopic (exact) mass is 382 g/mol. The molecule has 0 spiro atoms. The van der Waals surface area contributed by atoms with E-state index in [2.05, 4.69) is 33.8 Å². The van der Waals surface area contributed by atoms with Gasteiger partial charge in [-0.2, -0.15) is 0 Å². The van der Waals surface area contributed by atoms with Crippen molar-refractivity contribution in [3.05, 3.63) is 49.0 Å². The minimum absolute atomic E-state index is 0.0978. The molecule has 1 aliphatic carbocycles. The van der Waals surface area contributed by atoms with Gasteiger partial charge < -0.3 is 20.4 Å². The van der Waals surface area contributed by atoms with Crippen LogP contribution in [0.1, 0.15) is 37.7 Å². The van der Waals surface area contributed by atoms with Crippen LogP contribution in [0.15, 0.2) is 43.4 Å². The van der Waals surface area contributed by atoms with Crippen LogP contribution in [0.2, 0.25) is 0 Å². The first-order valence-electron chi connectivity index (χ1n) is 9.51. The molecule has 28 heavy (non-hydrogen) atoms. The molecule has 1 aromatic heterocycles. The van der Waals surface area contributed by atoms with Crippen LogP contribution in [-0.2, 0) is 14.3 Å². The van der Waals surface area contributed by atoms with E-state index in [4.69, 9.17) is 4.74 Å². The highest BCUT2D eigenvalue weighted by Crippen LogP contribution is 2.27. The Labute approximate surface area is 164 Å². The van der Waals surface area contributed by atoms with Gasteiger partial charge in [0.25, 0.3) is 5.91 Å². The van der Waals surface area contributed by atoms with Crippen LogP contribution in [0.4, 0.5) is 0 Å². The molecule has 2 aromatic rings. The van der Waals surface area contributed by atoms with Gasteiger partial charge in [-0.05, 0) is 37.0 Å². The predicted octanol–water partition coefficient (Wildman–Crippen LogP) is 2.88. The third-order valence-corrected chi connectivity index (χ3v) is 5.18. The Morgan fingerprint density at radius 1 is 1.25 bits per heavy atom. The van der Waals surface area contributed by atoms with E-state index in [1.807, 2.05) is 18.2 Å². The van der Waals surface area contributed by atoms with E-state index < -0.39 is 11.9 Å². The first kappa shape index (κ1) is 19.7. The standard InChI is InChI=1S/C21H26N4O3/c1-13(16-9-10-17-18(11-16)24-12-23-17)28-14(2)20(26)25-19(21(27)22-3)15-7-5-4-6-8-15/h9-12,15,19H,1-2,4-8H2,3H3,(H,22,27)(H,23,24)(H,25,26)/t19-/m0/s1. The molecule has 1 aliphatic rings. The molecule has 0 aliphatic heterocycles. The van der Waals surface area contributed by atoms with Crippen molar-refractivity contribution in [2.24, 2.45) is 5.92 Å². The lowest BCUT2D eigenvalue weighted by atomic mass is 9.83. The fraction of sp³-hybridized carbons (Fsp3) is 0.381. The zero-order valence-corrected chi connectivity index (χ0v) is 16.1. The average Bonchev–Trinajstić information content (AvgIpc) is 3.19. The predicted molar refractivity (Wildman–Crippen MR) is 108 cm³/mol. The number of aromatic nitrogens is 2. The molecule has 7 heteroatoms. The number of H-pyrrole nitrogens is 1. The number of hydrogen-bond donors (Lipinski definition) is 3. The molecule has 1 atom stereocenters. The van der Waals surface area contributed by atoms with Crippen LogP contribution in [0.5, 0.6) is 0 Å². The summed E-state index contributed by atoms with van der Waals surface area (Å²) in [5.41, 5.74) is 2.38. The van der Waals surface area contributed by atoms with Crippen molar-refractivity contribution in [3.8, 4) is 0 Å². The number of carbonyl (C=O) groups excluding carboxylic acids is 2. The van der Waals surface area contributed by atoms with Crippen LogP contribution in [0.25, 0.3) is 16.8 Å². The maximum absolute atomic E-state index is 12.6. The maximum Gasteiger partial charge on any atom is 0.287 e. The molecule has 0 bridgehead atoms. The van der Waals surface area contributed by atoms with Crippen molar-refractivity contribution >= 4 is 28.6 Å². The van der Waals surface area contributed by atoms with Gasteiger partial charge in [-0.1, -0.05) is 32.4 Å². The van der Waals surface area contributed by atoms with E-state index in [9.17, 15) is 9.59 Å². The Morgan fingerprint density at radius 3 is 2.71 bits per heavy atom. The largest absolute Gasteiger partial charge is 0.452 e. The SMILES string of the molecule is C=C(OC(=C)c1ccc2nc[nH]c2c1)C(=O)N[C@H](C(=O)NC)C1CCCCC1. The summed E-state index contributed by atoms with van der Waals surface area (Å²) in [7, 11) is 1.57. The van der Waals surface area contributed by atoms with Gasteiger partial charge in [0, 0.05) is 12.6 Å². The summed E-state index contributed by atoms with van der Waals surface area (Å²) in [5.74, 6) is -0.388. The number of imidazole rings is 1. The molecular weight excluding hydrogens is 356 g/mol. The van der Waals surface area contributed by atoms with Crippen molar-refractivity contribution < 1.29 is 14.3 Å². The molecular formula is C21H26N4O3. The zero-order chi connectivity index (χ0) is 20.1. The van der Waals surface area contributed by atoms with E-state index in [1.54, 1.807) is 13.4 Å². The highest BCUT2D eigenvalue weighted by Gasteiger charge is 2.31. The normalized spacial score (nSPS) is 15.6. The lowest BCUT2D eigenvalue weighted by molar-refractivity contribution is -0.129. The molecule has 1 saturated carbocycles. The summed E-state index contributed by atoms with van der Waals surface area (Å²) >= 11 is 0. The van der Waals surface area contributed by atoms with Crippen LogP contribution in [0, 0.1) is 5.92 Å². The number of fused-ring (bicyclic) bond motifs is 1. The van der Waals surface area contributed by atoms with Crippen LogP contribution >= 0.6 is 0 Å². The maximum atomic E-state index is 12.6. The number of hydrogen-bond acceptors (Lipinski definition) is 4. The number of nitrogens with one attached hydrogen (secondary N) is 3. The molecule has 1 aromatic carbocycles. The fourth-order valence-electron chi connectivity index (χ4n) is 3.61. The summed E-state index contributed by atoms with van der Waals surface area (Å²) < 4.78 is 5.56. The van der Waals surface area contributed by atoms with Crippen LogP contribution in [-0.4, -0.2) is 34.9 Å². The zero-order valence-electron chi connectivity index (χ0n) is 16.1. The lowest BCUT2D eigenvalue weighted by Gasteiger charge is -2.29. The minimum Gasteiger partial charge on any atom is -0.452 e. The van der Waals surface area contributed by atoms with Gasteiger partial charge in [0.15, 0.2) is 5.76 Å². The smallest absolute Gasteiger partial charge is 0.287 e. The number of rotatable bonds is 7. The Balaban J connectivity index is 1.64. The van der Waals surface area contributed by atoms with Crippen molar-refractivity contribution in [1.82, 2.24) is 20.6 Å². The Hall–Kier alpha value is -3.09. The molecule has 3 N–H and O–H groups in total. The second kappa shape index (κ2) is 8.73. The number of aromatic amines is 1.